The molecule has 1 saturated heterocycles. The summed E-state index contributed by atoms with van der Waals surface area (Å²) in [5.41, 5.74) is 0.686. The molecule has 2 aliphatic rings. The van der Waals surface area contributed by atoms with E-state index in [0.717, 1.165) is 63.9 Å². The van der Waals surface area contributed by atoms with Gasteiger partial charge in [0.05, 0.1) is 17.5 Å². The lowest BCUT2D eigenvalue weighted by Crippen LogP contribution is -2.50. The molecule has 24 heavy (non-hydrogen) atoms. The van der Waals surface area contributed by atoms with Gasteiger partial charge in [0.25, 0.3) is 5.91 Å². The zero-order valence-corrected chi connectivity index (χ0v) is 14.5. The summed E-state index contributed by atoms with van der Waals surface area (Å²) in [6.07, 6.45) is 10.4. The molecule has 0 bridgehead atoms. The van der Waals surface area contributed by atoms with E-state index in [-0.39, 0.29) is 11.9 Å². The number of carbonyl (C=O) groups is 1. The molecule has 2 heterocycles. The minimum Gasteiger partial charge on any atom is -0.389 e. The van der Waals surface area contributed by atoms with E-state index >= 15 is 0 Å². The molecule has 2 fully saturated rings. The number of nitrogens with zero attached hydrogens (tertiary/aromatic N) is 3. The number of nitrogens with one attached hydrogen (secondary N) is 1. The fourth-order valence-electron chi connectivity index (χ4n) is 3.79. The first kappa shape index (κ1) is 17.3. The van der Waals surface area contributed by atoms with E-state index in [9.17, 15) is 9.90 Å². The Balaban J connectivity index is 1.45. The Kier molecular flexibility index (Phi) is 5.46. The number of amides is 1. The Labute approximate surface area is 143 Å². The number of hydrogen-bond acceptors (Lipinski definition) is 5. The van der Waals surface area contributed by atoms with Gasteiger partial charge in [-0.15, -0.1) is 0 Å². The third-order valence-corrected chi connectivity index (χ3v) is 5.24. The number of aliphatic hydroxyl groups is 1. The van der Waals surface area contributed by atoms with E-state index in [1.54, 1.807) is 6.20 Å². The molecule has 1 amide bonds. The summed E-state index contributed by atoms with van der Waals surface area (Å²) >= 11 is 0. The monoisotopic (exact) mass is 332 g/mol. The van der Waals surface area contributed by atoms with Crippen LogP contribution in [0.4, 0.5) is 0 Å². The quantitative estimate of drug-likeness (QED) is 0.877. The topological polar surface area (TPSA) is 78.4 Å². The van der Waals surface area contributed by atoms with Crippen LogP contribution < -0.4 is 5.32 Å². The van der Waals surface area contributed by atoms with E-state index in [1.165, 1.54) is 12.6 Å². The first-order valence-electron chi connectivity index (χ1n) is 9.08. The van der Waals surface area contributed by atoms with Gasteiger partial charge in [0.15, 0.2) is 0 Å². The van der Waals surface area contributed by atoms with Crippen LogP contribution >= 0.6 is 0 Å². The normalized spacial score (nSPS) is 22.2. The predicted octanol–water partition coefficient (Wildman–Crippen LogP) is 1.67. The SMILES string of the molecule is Cc1cnc(C(=O)NC2CCN(CC3(O)CCCCC3)CC2)cn1. The summed E-state index contributed by atoms with van der Waals surface area (Å²) in [5.74, 6) is -0.146. The predicted molar refractivity (Wildman–Crippen MR) is 91.7 cm³/mol. The number of β-amino-alcohol motifs (C(OH)–C–C–N with tert-alkyl or cyclic N) is 1. The molecule has 0 spiro atoms. The zero-order valence-electron chi connectivity index (χ0n) is 14.5. The third kappa shape index (κ3) is 4.51. The van der Waals surface area contributed by atoms with Crippen molar-refractivity contribution in [2.24, 2.45) is 0 Å². The van der Waals surface area contributed by atoms with Crippen molar-refractivity contribution in [3.05, 3.63) is 23.8 Å². The molecule has 6 heteroatoms. The molecular weight excluding hydrogens is 304 g/mol. The molecular formula is C18H28N4O2. The van der Waals surface area contributed by atoms with Crippen LogP contribution in [0.1, 0.15) is 61.1 Å². The fraction of sp³-hybridized carbons (Fsp3) is 0.722. The lowest BCUT2D eigenvalue weighted by Gasteiger charge is -2.40. The molecule has 1 saturated carbocycles. The highest BCUT2D eigenvalue weighted by molar-refractivity contribution is 5.92. The molecule has 0 radical (unpaired) electrons. The minimum absolute atomic E-state index is 0.146. The van der Waals surface area contributed by atoms with Crippen molar-refractivity contribution >= 4 is 5.91 Å². The average molecular weight is 332 g/mol. The van der Waals surface area contributed by atoms with Gasteiger partial charge in [-0.3, -0.25) is 9.78 Å². The van der Waals surface area contributed by atoms with Crippen LogP contribution in [0, 0.1) is 6.92 Å². The molecule has 132 valence electrons. The average Bonchev–Trinajstić information content (AvgIpc) is 2.57. The molecule has 3 rings (SSSR count). The first-order valence-corrected chi connectivity index (χ1v) is 9.08. The molecule has 2 N–H and O–H groups in total. The van der Waals surface area contributed by atoms with Crippen LogP contribution in [0.3, 0.4) is 0 Å². The lowest BCUT2D eigenvalue weighted by atomic mass is 9.84. The van der Waals surface area contributed by atoms with Crippen molar-refractivity contribution in [3.8, 4) is 0 Å². The van der Waals surface area contributed by atoms with Crippen LogP contribution in [0.2, 0.25) is 0 Å². The van der Waals surface area contributed by atoms with Gasteiger partial charge in [-0.05, 0) is 32.6 Å². The van der Waals surface area contributed by atoms with Crippen LogP contribution in [-0.2, 0) is 0 Å². The van der Waals surface area contributed by atoms with Gasteiger partial charge in [-0.2, -0.15) is 0 Å². The number of carbonyl (C=O) groups excluding carboxylic acids is 1. The number of likely N-dealkylation sites (tertiary alicyclic amines) is 1. The van der Waals surface area contributed by atoms with Crippen molar-refractivity contribution < 1.29 is 9.90 Å². The maximum absolute atomic E-state index is 12.2. The third-order valence-electron chi connectivity index (χ3n) is 5.24. The summed E-state index contributed by atoms with van der Waals surface area (Å²) in [7, 11) is 0. The fourth-order valence-corrected chi connectivity index (χ4v) is 3.79. The Morgan fingerprint density at radius 3 is 2.58 bits per heavy atom. The van der Waals surface area contributed by atoms with Gasteiger partial charge in [0.1, 0.15) is 5.69 Å². The van der Waals surface area contributed by atoms with Crippen molar-refractivity contribution in [2.75, 3.05) is 19.6 Å². The van der Waals surface area contributed by atoms with Gasteiger partial charge in [-0.25, -0.2) is 4.98 Å². The van der Waals surface area contributed by atoms with Crippen molar-refractivity contribution in [2.45, 2.75) is 63.5 Å². The van der Waals surface area contributed by atoms with Crippen molar-refractivity contribution in [1.82, 2.24) is 20.2 Å². The number of rotatable bonds is 4. The van der Waals surface area contributed by atoms with E-state index in [0.29, 0.717) is 5.69 Å². The molecule has 1 aliphatic heterocycles. The van der Waals surface area contributed by atoms with E-state index in [2.05, 4.69) is 20.2 Å². The minimum atomic E-state index is -0.494. The largest absolute Gasteiger partial charge is 0.389 e. The molecule has 0 unspecified atom stereocenters. The summed E-state index contributed by atoms with van der Waals surface area (Å²) in [5, 5.41) is 13.7. The highest BCUT2D eigenvalue weighted by Gasteiger charge is 2.32. The summed E-state index contributed by atoms with van der Waals surface area (Å²) in [4.78, 5) is 22.8. The smallest absolute Gasteiger partial charge is 0.271 e. The van der Waals surface area contributed by atoms with Crippen LogP contribution in [-0.4, -0.2) is 57.2 Å². The van der Waals surface area contributed by atoms with Crippen LogP contribution in [0.25, 0.3) is 0 Å². The van der Waals surface area contributed by atoms with E-state index in [4.69, 9.17) is 0 Å². The molecule has 0 atom stereocenters. The van der Waals surface area contributed by atoms with Crippen molar-refractivity contribution in [1.29, 1.82) is 0 Å². The van der Waals surface area contributed by atoms with E-state index < -0.39 is 5.60 Å². The second-order valence-corrected chi connectivity index (χ2v) is 7.35. The van der Waals surface area contributed by atoms with Crippen LogP contribution in [0.15, 0.2) is 12.4 Å². The number of aromatic nitrogens is 2. The second kappa shape index (κ2) is 7.57. The highest BCUT2D eigenvalue weighted by atomic mass is 16.3. The summed E-state index contributed by atoms with van der Waals surface area (Å²) < 4.78 is 0. The van der Waals surface area contributed by atoms with Gasteiger partial charge in [0, 0.05) is 31.9 Å². The number of aryl methyl sites for hydroxylation is 1. The Morgan fingerprint density at radius 1 is 1.25 bits per heavy atom. The molecule has 1 aromatic heterocycles. The zero-order chi connectivity index (χ0) is 17.0. The Bertz CT molecular complexity index is 547. The standard InChI is InChI=1S/C18H28N4O2/c1-14-11-20-16(12-19-14)17(23)21-15-5-9-22(10-6-15)13-18(24)7-3-2-4-8-18/h11-12,15,24H,2-10,13H2,1H3,(H,21,23). The first-order chi connectivity index (χ1) is 11.5. The summed E-state index contributed by atoms with van der Waals surface area (Å²) in [6.45, 7) is 4.47. The van der Waals surface area contributed by atoms with Crippen molar-refractivity contribution in [3.63, 3.8) is 0 Å². The van der Waals surface area contributed by atoms with Crippen LogP contribution in [0.5, 0.6) is 0 Å². The molecule has 1 aliphatic carbocycles. The van der Waals surface area contributed by atoms with Gasteiger partial charge >= 0.3 is 0 Å². The van der Waals surface area contributed by atoms with Gasteiger partial charge in [-0.1, -0.05) is 19.3 Å². The lowest BCUT2D eigenvalue weighted by molar-refractivity contribution is -0.0312. The maximum atomic E-state index is 12.2. The number of hydrogen-bond donors (Lipinski definition) is 2. The molecule has 6 nitrogen and oxygen atoms in total. The molecule has 1 aromatic rings. The van der Waals surface area contributed by atoms with Gasteiger partial charge < -0.3 is 15.3 Å². The molecule has 0 aromatic carbocycles. The highest BCUT2D eigenvalue weighted by Crippen LogP contribution is 2.29. The Morgan fingerprint density at radius 2 is 1.96 bits per heavy atom. The maximum Gasteiger partial charge on any atom is 0.271 e. The Hall–Kier alpha value is -1.53. The van der Waals surface area contributed by atoms with Gasteiger partial charge in [0.2, 0.25) is 0 Å². The number of piperidine rings is 1. The second-order valence-electron chi connectivity index (χ2n) is 7.35. The summed E-state index contributed by atoms with van der Waals surface area (Å²) in [6, 6.07) is 0.179. The van der Waals surface area contributed by atoms with E-state index in [1.807, 2.05) is 6.92 Å².